The van der Waals surface area contributed by atoms with Crippen molar-refractivity contribution >= 4 is 17.2 Å². The summed E-state index contributed by atoms with van der Waals surface area (Å²) in [7, 11) is 3.34. The maximum atomic E-state index is 12.5. The van der Waals surface area contributed by atoms with Gasteiger partial charge in [-0.25, -0.2) is 0 Å². The highest BCUT2D eigenvalue weighted by Crippen LogP contribution is 2.27. The molecule has 2 heterocycles. The molecule has 3 atom stereocenters. The summed E-state index contributed by atoms with van der Waals surface area (Å²) in [5, 5.41) is 13.9. The van der Waals surface area contributed by atoms with Crippen molar-refractivity contribution in [2.75, 3.05) is 14.2 Å². The van der Waals surface area contributed by atoms with Crippen LogP contribution in [0.2, 0.25) is 0 Å². The molecule has 1 unspecified atom stereocenters. The van der Waals surface area contributed by atoms with E-state index in [4.69, 9.17) is 9.47 Å². The van der Waals surface area contributed by atoms with E-state index in [0.717, 1.165) is 24.1 Å². The number of methoxy groups -OCH3 is 2. The molecule has 2 aromatic heterocycles. The minimum atomic E-state index is -0.119. The molecular weight excluding hydrogens is 302 g/mol. The van der Waals surface area contributed by atoms with Crippen LogP contribution < -0.4 is 5.32 Å². The van der Waals surface area contributed by atoms with Crippen LogP contribution in [0, 0.1) is 0 Å². The number of aromatic nitrogens is 2. The predicted octanol–water partition coefficient (Wildman–Crippen LogP) is 2.06. The van der Waals surface area contributed by atoms with Gasteiger partial charge in [-0.2, -0.15) is 16.4 Å². The largest absolute Gasteiger partial charge is 0.379 e. The number of nitrogens with one attached hydrogen (secondary N) is 2. The molecule has 1 fully saturated rings. The van der Waals surface area contributed by atoms with Gasteiger partial charge in [-0.3, -0.25) is 9.89 Å². The molecule has 1 aliphatic rings. The Hall–Kier alpha value is -1.70. The molecule has 0 bridgehead atoms. The van der Waals surface area contributed by atoms with Crippen LogP contribution in [0.4, 0.5) is 0 Å². The minimum Gasteiger partial charge on any atom is -0.379 e. The highest BCUT2D eigenvalue weighted by Gasteiger charge is 2.35. The highest BCUT2D eigenvalue weighted by molar-refractivity contribution is 7.08. The third kappa shape index (κ3) is 2.92. The SMILES string of the molecule is CO[C@H]1CC(NC(=O)c2cn[nH]c2-c2ccsc2)C[C@H]1OC. The van der Waals surface area contributed by atoms with Crippen LogP contribution in [-0.4, -0.2) is 48.6 Å². The van der Waals surface area contributed by atoms with Gasteiger partial charge in [-0.15, -0.1) is 0 Å². The summed E-state index contributed by atoms with van der Waals surface area (Å²) >= 11 is 1.59. The van der Waals surface area contributed by atoms with E-state index < -0.39 is 0 Å². The second kappa shape index (κ2) is 6.60. The average Bonchev–Trinajstić information content (AvgIpc) is 3.25. The summed E-state index contributed by atoms with van der Waals surface area (Å²) in [6.07, 6.45) is 3.13. The highest BCUT2D eigenvalue weighted by atomic mass is 32.1. The standard InChI is InChI=1S/C15H19N3O3S/c1-20-12-5-10(6-13(12)21-2)17-15(19)11-7-16-18-14(11)9-3-4-22-8-9/h3-4,7-8,10,12-13H,5-6H2,1-2H3,(H,16,18)(H,17,19)/t10?,12-,13+. The Morgan fingerprint density at radius 3 is 2.68 bits per heavy atom. The van der Waals surface area contributed by atoms with Gasteiger partial charge < -0.3 is 14.8 Å². The van der Waals surface area contributed by atoms with E-state index in [9.17, 15) is 4.79 Å². The third-order valence-electron chi connectivity index (χ3n) is 4.08. The first-order chi connectivity index (χ1) is 10.7. The van der Waals surface area contributed by atoms with Crippen LogP contribution in [0.1, 0.15) is 23.2 Å². The Morgan fingerprint density at radius 1 is 1.36 bits per heavy atom. The molecule has 7 heteroatoms. The number of nitrogens with zero attached hydrogens (tertiary/aromatic N) is 1. The van der Waals surface area contributed by atoms with Crippen molar-refractivity contribution in [2.45, 2.75) is 31.1 Å². The van der Waals surface area contributed by atoms with Gasteiger partial charge in [-0.05, 0) is 24.3 Å². The first-order valence-corrected chi connectivity index (χ1v) is 8.09. The number of carbonyl (C=O) groups excluding carboxylic acids is 1. The van der Waals surface area contributed by atoms with Crippen molar-refractivity contribution in [3.63, 3.8) is 0 Å². The van der Waals surface area contributed by atoms with Crippen LogP contribution in [0.25, 0.3) is 11.3 Å². The molecule has 118 valence electrons. The van der Waals surface area contributed by atoms with Crippen LogP contribution in [-0.2, 0) is 9.47 Å². The predicted molar refractivity (Wildman–Crippen MR) is 84.0 cm³/mol. The molecule has 0 radical (unpaired) electrons. The number of hydrogen-bond donors (Lipinski definition) is 2. The van der Waals surface area contributed by atoms with Gasteiger partial charge >= 0.3 is 0 Å². The summed E-state index contributed by atoms with van der Waals surface area (Å²) in [4.78, 5) is 12.5. The average molecular weight is 321 g/mol. The Kier molecular flexibility index (Phi) is 4.56. The number of hydrogen-bond acceptors (Lipinski definition) is 5. The second-order valence-electron chi connectivity index (χ2n) is 5.36. The van der Waals surface area contributed by atoms with Gasteiger partial charge in [0, 0.05) is 31.2 Å². The molecule has 22 heavy (non-hydrogen) atoms. The lowest BCUT2D eigenvalue weighted by atomic mass is 10.1. The first kappa shape index (κ1) is 15.2. The normalized spacial score (nSPS) is 24.5. The third-order valence-corrected chi connectivity index (χ3v) is 4.77. The van der Waals surface area contributed by atoms with Gasteiger partial charge in [0.05, 0.1) is 29.7 Å². The molecule has 0 aliphatic heterocycles. The number of aromatic amines is 1. The Morgan fingerprint density at radius 2 is 2.09 bits per heavy atom. The van der Waals surface area contributed by atoms with Gasteiger partial charge in [0.2, 0.25) is 0 Å². The number of carbonyl (C=O) groups is 1. The van der Waals surface area contributed by atoms with E-state index in [1.807, 2.05) is 16.8 Å². The fraction of sp³-hybridized carbons (Fsp3) is 0.467. The fourth-order valence-corrected chi connectivity index (χ4v) is 3.57. The first-order valence-electron chi connectivity index (χ1n) is 7.15. The summed E-state index contributed by atoms with van der Waals surface area (Å²) < 4.78 is 10.8. The Labute approximate surface area is 132 Å². The van der Waals surface area contributed by atoms with Crippen molar-refractivity contribution in [3.05, 3.63) is 28.6 Å². The molecule has 2 aromatic rings. The molecule has 2 N–H and O–H groups in total. The maximum absolute atomic E-state index is 12.5. The van der Waals surface area contributed by atoms with Crippen LogP contribution in [0.15, 0.2) is 23.0 Å². The lowest BCUT2D eigenvalue weighted by Gasteiger charge is -2.14. The molecule has 1 aliphatic carbocycles. The summed E-state index contributed by atoms with van der Waals surface area (Å²) in [5.41, 5.74) is 2.29. The molecule has 0 spiro atoms. The van der Waals surface area contributed by atoms with E-state index >= 15 is 0 Å². The van der Waals surface area contributed by atoms with Crippen LogP contribution >= 0.6 is 11.3 Å². The Bertz CT molecular complexity index is 614. The molecule has 0 aromatic carbocycles. The van der Waals surface area contributed by atoms with Crippen molar-refractivity contribution in [2.24, 2.45) is 0 Å². The number of ether oxygens (including phenoxy) is 2. The molecule has 3 rings (SSSR count). The fourth-order valence-electron chi connectivity index (χ4n) is 2.92. The molecular formula is C15H19N3O3S. The Balaban J connectivity index is 1.70. The van der Waals surface area contributed by atoms with E-state index in [1.54, 1.807) is 31.8 Å². The van der Waals surface area contributed by atoms with Gasteiger partial charge in [0.15, 0.2) is 0 Å². The number of amides is 1. The van der Waals surface area contributed by atoms with E-state index in [2.05, 4.69) is 15.5 Å². The zero-order chi connectivity index (χ0) is 15.5. The number of rotatable bonds is 5. The summed E-state index contributed by atoms with van der Waals surface area (Å²) in [5.74, 6) is -0.119. The summed E-state index contributed by atoms with van der Waals surface area (Å²) in [6.45, 7) is 0. The lowest BCUT2D eigenvalue weighted by molar-refractivity contribution is -0.0157. The van der Waals surface area contributed by atoms with E-state index in [1.165, 1.54) is 0 Å². The van der Waals surface area contributed by atoms with Gasteiger partial charge in [0.1, 0.15) is 0 Å². The van der Waals surface area contributed by atoms with Crippen molar-refractivity contribution in [1.29, 1.82) is 0 Å². The van der Waals surface area contributed by atoms with Crippen molar-refractivity contribution in [3.8, 4) is 11.3 Å². The van der Waals surface area contributed by atoms with Gasteiger partial charge in [0.25, 0.3) is 5.91 Å². The lowest BCUT2D eigenvalue weighted by Crippen LogP contribution is -2.33. The molecule has 1 saturated carbocycles. The molecule has 6 nitrogen and oxygen atoms in total. The van der Waals surface area contributed by atoms with Crippen LogP contribution in [0.5, 0.6) is 0 Å². The van der Waals surface area contributed by atoms with Crippen molar-refractivity contribution in [1.82, 2.24) is 15.5 Å². The number of thiophene rings is 1. The monoisotopic (exact) mass is 321 g/mol. The molecule has 0 saturated heterocycles. The minimum absolute atomic E-state index is 0.0241. The molecule has 1 amide bonds. The quantitative estimate of drug-likeness (QED) is 0.884. The van der Waals surface area contributed by atoms with E-state index in [0.29, 0.717) is 5.56 Å². The van der Waals surface area contributed by atoms with E-state index in [-0.39, 0.29) is 24.2 Å². The number of H-pyrrole nitrogens is 1. The van der Waals surface area contributed by atoms with Gasteiger partial charge in [-0.1, -0.05) is 0 Å². The zero-order valence-electron chi connectivity index (χ0n) is 12.5. The topological polar surface area (TPSA) is 76.2 Å². The smallest absolute Gasteiger partial charge is 0.255 e. The zero-order valence-corrected chi connectivity index (χ0v) is 13.4. The second-order valence-corrected chi connectivity index (χ2v) is 6.14. The van der Waals surface area contributed by atoms with Crippen LogP contribution in [0.3, 0.4) is 0 Å². The van der Waals surface area contributed by atoms with Crippen molar-refractivity contribution < 1.29 is 14.3 Å². The maximum Gasteiger partial charge on any atom is 0.255 e. The summed E-state index contributed by atoms with van der Waals surface area (Å²) in [6, 6.07) is 2.01.